The van der Waals surface area contributed by atoms with E-state index in [4.69, 9.17) is 14.1 Å². The van der Waals surface area contributed by atoms with Crippen LogP contribution in [0, 0.1) is 0 Å². The van der Waals surface area contributed by atoms with Gasteiger partial charge in [-0.15, -0.1) is 24.0 Å². The molecule has 2 aliphatic heterocycles. The summed E-state index contributed by atoms with van der Waals surface area (Å²) in [6.07, 6.45) is 8.29. The van der Waals surface area contributed by atoms with Crippen molar-refractivity contribution in [3.63, 3.8) is 0 Å². The first-order valence-electron chi connectivity index (χ1n) is 10.4. The number of guanidine groups is 1. The number of halogens is 1. The molecule has 1 saturated heterocycles. The maximum absolute atomic E-state index is 5.46. The van der Waals surface area contributed by atoms with Crippen LogP contribution in [-0.4, -0.2) is 61.6 Å². The molecule has 0 bridgehead atoms. The van der Waals surface area contributed by atoms with Crippen LogP contribution in [0.25, 0.3) is 0 Å². The van der Waals surface area contributed by atoms with E-state index < -0.39 is 0 Å². The molecule has 2 aromatic rings. The van der Waals surface area contributed by atoms with E-state index in [2.05, 4.69) is 39.4 Å². The second-order valence-corrected chi connectivity index (χ2v) is 7.56. The Kier molecular flexibility index (Phi) is 8.62. The lowest BCUT2D eigenvalue weighted by Crippen LogP contribution is -2.43. The molecule has 6 nitrogen and oxygen atoms in total. The highest BCUT2D eigenvalue weighted by Gasteiger charge is 2.29. The number of nitrogens with zero attached hydrogens (tertiary/aromatic N) is 3. The standard InChI is InChI=1S/C23H30N4O2.HI/c1-28-21-8-6-19(7-9-21)17-25-23(24-12-10-22-5-4-16-29-22)27-15-11-20(18-27)26-13-2-3-14-26;/h2-9,16,20H,10-15,17-18H2,1H3,(H,24,25);1H. The third kappa shape index (κ3) is 6.01. The number of ether oxygens (including phenoxy) is 1. The number of aliphatic imine (C=N–C) groups is 1. The van der Waals surface area contributed by atoms with Crippen molar-refractivity contribution in [1.82, 2.24) is 15.1 Å². The number of furan rings is 1. The van der Waals surface area contributed by atoms with Gasteiger partial charge in [0.2, 0.25) is 0 Å². The minimum atomic E-state index is 0. The molecular formula is C23H31IN4O2. The van der Waals surface area contributed by atoms with Gasteiger partial charge < -0.3 is 19.4 Å². The summed E-state index contributed by atoms with van der Waals surface area (Å²) in [4.78, 5) is 9.88. The normalized spacial score (nSPS) is 19.2. The summed E-state index contributed by atoms with van der Waals surface area (Å²) in [6.45, 7) is 5.67. The van der Waals surface area contributed by atoms with Crippen molar-refractivity contribution in [3.8, 4) is 5.75 Å². The average Bonchev–Trinajstić information content (AvgIpc) is 3.53. The van der Waals surface area contributed by atoms with E-state index in [1.807, 2.05) is 24.3 Å². The fourth-order valence-corrected chi connectivity index (χ4v) is 3.94. The van der Waals surface area contributed by atoms with Gasteiger partial charge in [-0.3, -0.25) is 4.90 Å². The Bertz CT molecular complexity index is 812. The predicted molar refractivity (Wildman–Crippen MR) is 131 cm³/mol. The first kappa shape index (κ1) is 22.7. The molecule has 1 atom stereocenters. The van der Waals surface area contributed by atoms with Crippen molar-refractivity contribution in [2.75, 3.05) is 39.8 Å². The van der Waals surface area contributed by atoms with Crippen molar-refractivity contribution in [2.24, 2.45) is 4.99 Å². The number of likely N-dealkylation sites (tertiary alicyclic amines) is 1. The first-order valence-corrected chi connectivity index (χ1v) is 10.4. The monoisotopic (exact) mass is 522 g/mol. The van der Waals surface area contributed by atoms with E-state index in [9.17, 15) is 0 Å². The van der Waals surface area contributed by atoms with Crippen molar-refractivity contribution in [2.45, 2.75) is 25.4 Å². The molecule has 30 heavy (non-hydrogen) atoms. The maximum atomic E-state index is 5.46. The van der Waals surface area contributed by atoms with E-state index in [1.54, 1.807) is 13.4 Å². The number of hydrogen-bond donors (Lipinski definition) is 1. The average molecular weight is 522 g/mol. The van der Waals surface area contributed by atoms with Crippen LogP contribution >= 0.6 is 24.0 Å². The first-order chi connectivity index (χ1) is 14.3. The van der Waals surface area contributed by atoms with Gasteiger partial charge in [0.25, 0.3) is 0 Å². The smallest absolute Gasteiger partial charge is 0.194 e. The summed E-state index contributed by atoms with van der Waals surface area (Å²) in [5.74, 6) is 2.85. The van der Waals surface area contributed by atoms with Gasteiger partial charge in [0.1, 0.15) is 11.5 Å². The zero-order valence-electron chi connectivity index (χ0n) is 17.5. The quantitative estimate of drug-likeness (QED) is 0.261. The van der Waals surface area contributed by atoms with Crippen molar-refractivity contribution >= 4 is 29.9 Å². The highest BCUT2D eigenvalue weighted by atomic mass is 127. The number of rotatable bonds is 7. The summed E-state index contributed by atoms with van der Waals surface area (Å²) in [6, 6.07) is 12.7. The molecule has 0 aliphatic carbocycles. The van der Waals surface area contributed by atoms with Crippen LogP contribution in [0.15, 0.2) is 64.2 Å². The van der Waals surface area contributed by atoms with Gasteiger partial charge in [0.15, 0.2) is 5.96 Å². The predicted octanol–water partition coefficient (Wildman–Crippen LogP) is 3.54. The van der Waals surface area contributed by atoms with Gasteiger partial charge in [0, 0.05) is 45.2 Å². The number of methoxy groups -OCH3 is 1. The topological polar surface area (TPSA) is 53.2 Å². The molecule has 0 saturated carbocycles. The Balaban J connectivity index is 0.00000256. The number of nitrogens with one attached hydrogen (secondary N) is 1. The van der Waals surface area contributed by atoms with Crippen LogP contribution in [0.3, 0.4) is 0 Å². The van der Waals surface area contributed by atoms with Gasteiger partial charge in [-0.2, -0.15) is 0 Å². The molecule has 4 rings (SSSR count). The lowest BCUT2D eigenvalue weighted by molar-refractivity contribution is 0.259. The van der Waals surface area contributed by atoms with Gasteiger partial charge in [-0.25, -0.2) is 4.99 Å². The number of benzene rings is 1. The minimum absolute atomic E-state index is 0. The summed E-state index contributed by atoms with van der Waals surface area (Å²) < 4.78 is 10.7. The molecule has 0 spiro atoms. The van der Waals surface area contributed by atoms with Gasteiger partial charge in [0.05, 0.1) is 19.9 Å². The fourth-order valence-electron chi connectivity index (χ4n) is 3.94. The van der Waals surface area contributed by atoms with Crippen LogP contribution in [0.5, 0.6) is 5.75 Å². The summed E-state index contributed by atoms with van der Waals surface area (Å²) in [5.41, 5.74) is 1.18. The molecule has 162 valence electrons. The summed E-state index contributed by atoms with van der Waals surface area (Å²) in [7, 11) is 1.69. The van der Waals surface area contributed by atoms with Crippen LogP contribution < -0.4 is 10.1 Å². The molecule has 7 heteroatoms. The van der Waals surface area contributed by atoms with Crippen LogP contribution in [0.2, 0.25) is 0 Å². The molecule has 1 fully saturated rings. The van der Waals surface area contributed by atoms with Gasteiger partial charge >= 0.3 is 0 Å². The Labute approximate surface area is 196 Å². The Morgan fingerprint density at radius 3 is 2.70 bits per heavy atom. The SMILES string of the molecule is COc1ccc(CN=C(NCCc2ccco2)N2CCC(N3CC=CC3)C2)cc1.I. The van der Waals surface area contributed by atoms with E-state index in [1.165, 1.54) is 12.0 Å². The van der Waals surface area contributed by atoms with Crippen molar-refractivity contribution in [1.29, 1.82) is 0 Å². The van der Waals surface area contributed by atoms with E-state index >= 15 is 0 Å². The molecule has 2 aliphatic rings. The molecular weight excluding hydrogens is 491 g/mol. The van der Waals surface area contributed by atoms with E-state index in [0.29, 0.717) is 12.6 Å². The molecule has 1 unspecified atom stereocenters. The lowest BCUT2D eigenvalue weighted by atomic mass is 10.2. The van der Waals surface area contributed by atoms with Crippen molar-refractivity contribution in [3.05, 3.63) is 66.1 Å². The molecule has 0 radical (unpaired) electrons. The van der Waals surface area contributed by atoms with Crippen LogP contribution in [0.1, 0.15) is 17.7 Å². The zero-order valence-corrected chi connectivity index (χ0v) is 19.8. The maximum Gasteiger partial charge on any atom is 0.194 e. The highest BCUT2D eigenvalue weighted by Crippen LogP contribution is 2.18. The van der Waals surface area contributed by atoms with E-state index in [-0.39, 0.29) is 24.0 Å². The molecule has 1 aromatic heterocycles. The largest absolute Gasteiger partial charge is 0.497 e. The summed E-state index contributed by atoms with van der Waals surface area (Å²) >= 11 is 0. The molecule has 1 aromatic carbocycles. The highest BCUT2D eigenvalue weighted by molar-refractivity contribution is 14.0. The zero-order chi connectivity index (χ0) is 19.9. The van der Waals surface area contributed by atoms with Gasteiger partial charge in [-0.05, 0) is 36.2 Å². The van der Waals surface area contributed by atoms with Crippen LogP contribution in [0.4, 0.5) is 0 Å². The molecule has 3 heterocycles. The van der Waals surface area contributed by atoms with Gasteiger partial charge in [-0.1, -0.05) is 24.3 Å². The minimum Gasteiger partial charge on any atom is -0.497 e. The Hall–Kier alpha value is -2.00. The third-order valence-electron chi connectivity index (χ3n) is 5.63. The Morgan fingerprint density at radius 2 is 2.00 bits per heavy atom. The second kappa shape index (κ2) is 11.4. The molecule has 0 amide bonds. The second-order valence-electron chi connectivity index (χ2n) is 7.56. The fraction of sp³-hybridized carbons (Fsp3) is 0.435. The van der Waals surface area contributed by atoms with Crippen molar-refractivity contribution < 1.29 is 9.15 Å². The summed E-state index contributed by atoms with van der Waals surface area (Å²) in [5, 5.41) is 3.56. The number of hydrogen-bond acceptors (Lipinski definition) is 4. The van der Waals surface area contributed by atoms with Crippen LogP contribution in [-0.2, 0) is 13.0 Å². The van der Waals surface area contributed by atoms with E-state index in [0.717, 1.165) is 56.6 Å². The molecule has 1 N–H and O–H groups in total. The third-order valence-corrected chi connectivity index (χ3v) is 5.63. The lowest BCUT2D eigenvalue weighted by Gasteiger charge is -2.25. The Morgan fingerprint density at radius 1 is 1.20 bits per heavy atom.